The molecule has 3 atom stereocenters. The molecule has 0 aromatic heterocycles. The Balaban J connectivity index is 2.02. The third-order valence-corrected chi connectivity index (χ3v) is 4.52. The van der Waals surface area contributed by atoms with Crippen LogP contribution >= 0.6 is 0 Å². The van der Waals surface area contributed by atoms with Gasteiger partial charge in [-0.25, -0.2) is 0 Å². The Bertz CT molecular complexity index is 511. The number of benzene rings is 1. The van der Waals surface area contributed by atoms with E-state index in [1.807, 2.05) is 39.0 Å². The first kappa shape index (κ1) is 16.5. The van der Waals surface area contributed by atoms with Crippen LogP contribution in [0.25, 0.3) is 0 Å². The van der Waals surface area contributed by atoms with Gasteiger partial charge >= 0.3 is 0 Å². The summed E-state index contributed by atoms with van der Waals surface area (Å²) in [6.45, 7) is 6.07. The van der Waals surface area contributed by atoms with Crippen LogP contribution in [-0.4, -0.2) is 23.9 Å². The van der Waals surface area contributed by atoms with Crippen molar-refractivity contribution in [3.63, 3.8) is 0 Å². The summed E-state index contributed by atoms with van der Waals surface area (Å²) in [5.74, 6) is 0.434. The summed E-state index contributed by atoms with van der Waals surface area (Å²) in [6, 6.07) is 8.73. The van der Waals surface area contributed by atoms with E-state index in [9.17, 15) is 9.59 Å². The van der Waals surface area contributed by atoms with Crippen molar-refractivity contribution in [3.05, 3.63) is 35.9 Å². The minimum absolute atomic E-state index is 0.0713. The van der Waals surface area contributed by atoms with Crippen LogP contribution < -0.4 is 10.6 Å². The van der Waals surface area contributed by atoms with E-state index >= 15 is 0 Å². The van der Waals surface area contributed by atoms with Crippen LogP contribution in [0.2, 0.25) is 0 Å². The summed E-state index contributed by atoms with van der Waals surface area (Å²) in [5, 5.41) is 5.96. The fraction of sp³-hybridized carbons (Fsp3) is 0.556. The highest BCUT2D eigenvalue weighted by molar-refractivity contribution is 5.97. The molecule has 22 heavy (non-hydrogen) atoms. The highest BCUT2D eigenvalue weighted by Gasteiger charge is 2.32. The van der Waals surface area contributed by atoms with Crippen molar-refractivity contribution in [1.82, 2.24) is 10.6 Å². The molecule has 1 aromatic carbocycles. The van der Waals surface area contributed by atoms with Crippen molar-refractivity contribution in [2.75, 3.05) is 0 Å². The van der Waals surface area contributed by atoms with Gasteiger partial charge in [0.2, 0.25) is 5.91 Å². The highest BCUT2D eigenvalue weighted by Crippen LogP contribution is 2.32. The predicted octanol–water partition coefficient (Wildman–Crippen LogP) is 2.75. The minimum atomic E-state index is -0.487. The van der Waals surface area contributed by atoms with E-state index < -0.39 is 6.04 Å². The third-order valence-electron chi connectivity index (χ3n) is 4.52. The smallest absolute Gasteiger partial charge is 0.251 e. The molecule has 1 saturated carbocycles. The monoisotopic (exact) mass is 302 g/mol. The Labute approximate surface area is 132 Å². The van der Waals surface area contributed by atoms with Gasteiger partial charge in [-0.05, 0) is 43.7 Å². The maximum atomic E-state index is 12.5. The number of hydrogen-bond acceptors (Lipinski definition) is 2. The molecule has 120 valence electrons. The van der Waals surface area contributed by atoms with Gasteiger partial charge in [0.05, 0.1) is 0 Å². The van der Waals surface area contributed by atoms with Crippen molar-refractivity contribution >= 4 is 11.8 Å². The lowest BCUT2D eigenvalue weighted by Gasteiger charge is -2.25. The molecule has 2 N–H and O–H groups in total. The van der Waals surface area contributed by atoms with Gasteiger partial charge in [0.15, 0.2) is 0 Å². The second-order valence-corrected chi connectivity index (χ2v) is 6.34. The number of hydrogen-bond donors (Lipinski definition) is 2. The van der Waals surface area contributed by atoms with E-state index in [4.69, 9.17) is 0 Å². The zero-order chi connectivity index (χ0) is 16.1. The normalized spacial score (nSPS) is 18.1. The summed E-state index contributed by atoms with van der Waals surface area (Å²) < 4.78 is 0. The highest BCUT2D eigenvalue weighted by atomic mass is 16.2. The number of amides is 2. The van der Waals surface area contributed by atoms with E-state index in [1.54, 1.807) is 12.1 Å². The Morgan fingerprint density at radius 2 is 1.77 bits per heavy atom. The first-order chi connectivity index (χ1) is 10.5. The Hall–Kier alpha value is -1.84. The molecule has 2 amide bonds. The molecule has 4 heteroatoms. The van der Waals surface area contributed by atoms with Gasteiger partial charge in [-0.1, -0.05) is 38.5 Å². The number of nitrogens with one attached hydrogen (secondary N) is 2. The summed E-state index contributed by atoms with van der Waals surface area (Å²) in [6.07, 6.45) is 3.21. The molecule has 2 rings (SSSR count). The maximum absolute atomic E-state index is 12.5. The summed E-state index contributed by atoms with van der Waals surface area (Å²) in [5.41, 5.74) is 0.582. The summed E-state index contributed by atoms with van der Waals surface area (Å²) >= 11 is 0. The average Bonchev–Trinajstić information content (AvgIpc) is 3.37. The SMILES string of the molecule is CC[C@H](C)[C@@H](NC(=O)c1ccccc1)C(=O)N[C@H](C)C1CC1. The van der Waals surface area contributed by atoms with Crippen LogP contribution in [0, 0.1) is 11.8 Å². The molecule has 4 nitrogen and oxygen atoms in total. The zero-order valence-electron chi connectivity index (χ0n) is 13.6. The lowest BCUT2D eigenvalue weighted by atomic mass is 9.97. The maximum Gasteiger partial charge on any atom is 0.251 e. The quantitative estimate of drug-likeness (QED) is 0.813. The molecule has 1 aliphatic carbocycles. The fourth-order valence-corrected chi connectivity index (χ4v) is 2.54. The standard InChI is InChI=1S/C18H26N2O2/c1-4-12(2)16(18(22)19-13(3)14-10-11-14)20-17(21)15-8-6-5-7-9-15/h5-9,12-14,16H,4,10-11H2,1-3H3,(H,19,22)(H,20,21)/t12-,13+,16+/m0/s1. The fourth-order valence-electron chi connectivity index (χ4n) is 2.54. The van der Waals surface area contributed by atoms with Gasteiger partial charge in [-0.3, -0.25) is 9.59 Å². The van der Waals surface area contributed by atoms with Gasteiger partial charge in [0.25, 0.3) is 5.91 Å². The van der Waals surface area contributed by atoms with Gasteiger partial charge < -0.3 is 10.6 Å². The van der Waals surface area contributed by atoms with Crippen molar-refractivity contribution in [1.29, 1.82) is 0 Å². The Morgan fingerprint density at radius 3 is 2.32 bits per heavy atom. The van der Waals surface area contributed by atoms with Crippen LogP contribution in [0.4, 0.5) is 0 Å². The van der Waals surface area contributed by atoms with Crippen LogP contribution in [0.15, 0.2) is 30.3 Å². The van der Waals surface area contributed by atoms with Gasteiger partial charge in [0.1, 0.15) is 6.04 Å². The molecule has 1 fully saturated rings. The van der Waals surface area contributed by atoms with E-state index in [-0.39, 0.29) is 23.8 Å². The largest absolute Gasteiger partial charge is 0.352 e. The van der Waals surface area contributed by atoms with Crippen molar-refractivity contribution in [2.24, 2.45) is 11.8 Å². The molecule has 0 unspecified atom stereocenters. The van der Waals surface area contributed by atoms with E-state index in [1.165, 1.54) is 12.8 Å². The zero-order valence-corrected chi connectivity index (χ0v) is 13.6. The molecule has 0 aliphatic heterocycles. The first-order valence-corrected chi connectivity index (χ1v) is 8.19. The van der Waals surface area contributed by atoms with Crippen LogP contribution in [0.3, 0.4) is 0 Å². The third kappa shape index (κ3) is 4.33. The number of carbonyl (C=O) groups is 2. The van der Waals surface area contributed by atoms with E-state index in [0.29, 0.717) is 11.5 Å². The van der Waals surface area contributed by atoms with Crippen LogP contribution in [0.1, 0.15) is 50.4 Å². The predicted molar refractivity (Wildman–Crippen MR) is 87.5 cm³/mol. The Kier molecular flexibility index (Phi) is 5.58. The first-order valence-electron chi connectivity index (χ1n) is 8.19. The van der Waals surface area contributed by atoms with Crippen LogP contribution in [-0.2, 0) is 4.79 Å². The second kappa shape index (κ2) is 7.43. The molecule has 0 spiro atoms. The number of rotatable bonds is 7. The van der Waals surface area contributed by atoms with Crippen molar-refractivity contribution in [2.45, 2.75) is 52.1 Å². The molecule has 1 aliphatic rings. The lowest BCUT2D eigenvalue weighted by molar-refractivity contribution is -0.124. The molecular weight excluding hydrogens is 276 g/mol. The summed E-state index contributed by atoms with van der Waals surface area (Å²) in [4.78, 5) is 24.8. The minimum Gasteiger partial charge on any atom is -0.352 e. The second-order valence-electron chi connectivity index (χ2n) is 6.34. The van der Waals surface area contributed by atoms with Crippen LogP contribution in [0.5, 0.6) is 0 Å². The number of carbonyl (C=O) groups excluding carboxylic acids is 2. The molecule has 0 saturated heterocycles. The van der Waals surface area contributed by atoms with Gasteiger partial charge in [0, 0.05) is 11.6 Å². The van der Waals surface area contributed by atoms with Gasteiger partial charge in [-0.15, -0.1) is 0 Å². The Morgan fingerprint density at radius 1 is 1.14 bits per heavy atom. The summed E-state index contributed by atoms with van der Waals surface area (Å²) in [7, 11) is 0. The van der Waals surface area contributed by atoms with E-state index in [2.05, 4.69) is 10.6 Å². The van der Waals surface area contributed by atoms with Crippen molar-refractivity contribution < 1.29 is 9.59 Å². The van der Waals surface area contributed by atoms with Gasteiger partial charge in [-0.2, -0.15) is 0 Å². The lowest BCUT2D eigenvalue weighted by Crippen LogP contribution is -2.52. The van der Waals surface area contributed by atoms with E-state index in [0.717, 1.165) is 6.42 Å². The average molecular weight is 302 g/mol. The topological polar surface area (TPSA) is 58.2 Å². The van der Waals surface area contributed by atoms with Crippen molar-refractivity contribution in [3.8, 4) is 0 Å². The molecule has 0 heterocycles. The molecular formula is C18H26N2O2. The molecule has 0 radical (unpaired) electrons. The molecule has 0 bridgehead atoms. The molecule has 1 aromatic rings.